The SMILES string of the molecule is CC(C)c1cc(C(C)C)c(-c2cnc3c4[c-]cccc4c4cc(CC(C)(C)C)ccc4n23)c(C(C)C)c1.CC(C)c1cccc(C(C)C)c1-c1cnc2c3[c-]cccc3c3cc(CC(C)(C)C)ccc3n12.CCCCCCc1cc(C)c(-c2cnc3c4[c-]cccc4c4ccccc4n23)c(C)c1.CCCCCc1ccc2c(c1)c1ccc[c-]c1c1ncc(-c3c(C)cccc3C)n21.[Ir].[Ir].[Ir].[Ir]. The van der Waals surface area contributed by atoms with E-state index < -0.39 is 0 Å². The Labute approximate surface area is 861 Å². The smallest absolute Gasteiger partial charge is 0.0639 e. The van der Waals surface area contributed by atoms with E-state index in [1.807, 2.05) is 36.7 Å². The fourth-order valence-electron chi connectivity index (χ4n) is 20.9. The van der Waals surface area contributed by atoms with Gasteiger partial charge in [-0.05, 0) is 225 Å². The molecule has 0 amide bonds. The summed E-state index contributed by atoms with van der Waals surface area (Å²) in [5.74, 6) is 2.17. The minimum atomic E-state index is 0. The summed E-state index contributed by atoms with van der Waals surface area (Å²) < 4.78 is 9.43. The van der Waals surface area contributed by atoms with Crippen molar-refractivity contribution in [3.8, 4) is 45.0 Å². The Balaban J connectivity index is 0.000000152. The van der Waals surface area contributed by atoms with Crippen LogP contribution < -0.4 is 0 Å². The number of imidazole rings is 4. The van der Waals surface area contributed by atoms with Crippen LogP contribution in [0.15, 0.2) is 237 Å². The molecule has 0 saturated heterocycles. The molecule has 0 spiro atoms. The second-order valence-electron chi connectivity index (χ2n) is 41.4. The van der Waals surface area contributed by atoms with Crippen molar-refractivity contribution in [2.75, 3.05) is 0 Å². The minimum Gasteiger partial charge on any atom is -0.333 e. The van der Waals surface area contributed by atoms with Gasteiger partial charge in [-0.15, -0.1) is 119 Å². The molecule has 8 heterocycles. The van der Waals surface area contributed by atoms with Crippen molar-refractivity contribution < 1.29 is 80.4 Å². The number of rotatable bonds is 20. The van der Waals surface area contributed by atoms with Crippen LogP contribution in [0.3, 0.4) is 0 Å². The van der Waals surface area contributed by atoms with Crippen LogP contribution in [0.1, 0.15) is 271 Å². The van der Waals surface area contributed by atoms with Crippen LogP contribution in [0.5, 0.6) is 0 Å². The Kier molecular flexibility index (Phi) is 33.2. The molecule has 136 heavy (non-hydrogen) atoms. The van der Waals surface area contributed by atoms with Crippen LogP contribution in [-0.4, -0.2) is 37.5 Å². The van der Waals surface area contributed by atoms with Gasteiger partial charge in [0.1, 0.15) is 0 Å². The molecular formula is C124H132Ir4N8-4. The predicted octanol–water partition coefficient (Wildman–Crippen LogP) is 34.3. The summed E-state index contributed by atoms with van der Waals surface area (Å²) in [6.07, 6.45) is 21.6. The van der Waals surface area contributed by atoms with Crippen molar-refractivity contribution in [1.29, 1.82) is 0 Å². The molecule has 0 aliphatic rings. The molecule has 0 N–H and O–H groups in total. The van der Waals surface area contributed by atoms with Crippen molar-refractivity contribution in [2.45, 2.75) is 253 Å². The van der Waals surface area contributed by atoms with Gasteiger partial charge in [-0.25, -0.2) is 0 Å². The molecule has 4 radical (unpaired) electrons. The first-order valence-electron chi connectivity index (χ1n) is 48.8. The summed E-state index contributed by atoms with van der Waals surface area (Å²) >= 11 is 0. The number of benzene rings is 12. The number of fused-ring (bicyclic) bond motifs is 24. The predicted molar refractivity (Wildman–Crippen MR) is 565 cm³/mol. The summed E-state index contributed by atoms with van der Waals surface area (Å²) in [6.45, 7) is 50.2. The second kappa shape index (κ2) is 43.6. The molecule has 0 bridgehead atoms. The van der Waals surface area contributed by atoms with Gasteiger partial charge >= 0.3 is 0 Å². The monoisotopic (exact) mass is 2500 g/mol. The number of para-hydroxylation sites is 1. The summed E-state index contributed by atoms with van der Waals surface area (Å²) in [5.41, 5.74) is 37.0. The van der Waals surface area contributed by atoms with Crippen LogP contribution in [0.4, 0.5) is 0 Å². The molecule has 0 aliphatic heterocycles. The number of hydrogen-bond donors (Lipinski definition) is 0. The molecule has 0 aliphatic carbocycles. The molecule has 8 aromatic heterocycles. The molecule has 0 unspecified atom stereocenters. The minimum absolute atomic E-state index is 0. The molecular weight excluding hydrogens is 2370 g/mol. The molecule has 0 atom stereocenters. The molecule has 12 heteroatoms. The normalized spacial score (nSPS) is 11.9. The maximum Gasteiger partial charge on any atom is 0.0639 e. The number of aromatic nitrogens is 8. The quantitative estimate of drug-likeness (QED) is 0.0433. The Morgan fingerprint density at radius 3 is 0.978 bits per heavy atom. The Morgan fingerprint density at radius 2 is 0.596 bits per heavy atom. The van der Waals surface area contributed by atoms with E-state index in [9.17, 15) is 0 Å². The van der Waals surface area contributed by atoms with E-state index in [2.05, 4.69) is 395 Å². The average molecular weight is 2500 g/mol. The van der Waals surface area contributed by atoms with Gasteiger partial charge in [0, 0.05) is 150 Å². The van der Waals surface area contributed by atoms with Crippen LogP contribution >= 0.6 is 0 Å². The van der Waals surface area contributed by atoms with Gasteiger partial charge < -0.3 is 17.6 Å². The Hall–Kier alpha value is -9.92. The van der Waals surface area contributed by atoms with Gasteiger partial charge in [-0.1, -0.05) is 294 Å². The van der Waals surface area contributed by atoms with Crippen molar-refractivity contribution in [3.05, 3.63) is 334 Å². The van der Waals surface area contributed by atoms with Crippen LogP contribution in [-0.2, 0) is 106 Å². The Bertz CT molecular complexity index is 7630. The molecule has 0 fully saturated rings. The third-order valence-electron chi connectivity index (χ3n) is 27.0. The van der Waals surface area contributed by atoms with E-state index >= 15 is 0 Å². The molecule has 708 valence electrons. The first-order chi connectivity index (χ1) is 63.5. The third kappa shape index (κ3) is 20.7. The molecule has 8 nitrogen and oxygen atoms in total. The van der Waals surface area contributed by atoms with E-state index in [4.69, 9.17) is 19.9 Å². The van der Waals surface area contributed by atoms with Crippen molar-refractivity contribution in [3.63, 3.8) is 0 Å². The molecule has 20 rings (SSSR count). The van der Waals surface area contributed by atoms with Crippen molar-refractivity contribution in [1.82, 2.24) is 37.5 Å². The van der Waals surface area contributed by atoms with Gasteiger partial charge in [0.25, 0.3) is 0 Å². The standard InChI is InChI=1S/C35H41N2.C32H35N2.C29H29N2.C28H27N2.4Ir/c1-21(2)25-17-28(22(3)4)33(29(18-25)23(5)6)32-20-36-34-27-13-11-10-12-26(27)30-16-24(19-35(7,8)9)14-15-31(30)37(32)34;1-20(2)23-13-10-14-24(21(3)4)30(23)29-19-33-31-26-12-9-8-11-25(26)27-17-22(18-32(5,6)7)15-16-28(27)34(29)31;1-4-5-6-7-12-22-17-20(2)28(21(3)18-22)27-19-30-29-25-15-9-8-13-23(25)24-14-10-11-16-26(24)31(27)29;1-4-5-6-12-21-15-16-25-24(17-21)22-13-7-8-14-23(22)28-29-18-26(30(25)28)27-19(2)10-9-11-20(27)3;;;;/h10-12,14-18,20-23H,19H2,1-9H3;8-11,13-17,19-21H,18H2,1-7H3;8-11,13-14,16-19H,4-7,12H2,1-3H3;7-11,13,15-18H,4-6,12H2,1-3H3;;;;/q4*-1;;;;. The van der Waals surface area contributed by atoms with Crippen molar-refractivity contribution in [2.24, 2.45) is 10.8 Å². The Morgan fingerprint density at radius 1 is 0.279 bits per heavy atom. The maximum absolute atomic E-state index is 5.05. The fourth-order valence-corrected chi connectivity index (χ4v) is 20.9. The van der Waals surface area contributed by atoms with Gasteiger partial charge in [0.15, 0.2) is 0 Å². The summed E-state index contributed by atoms with van der Waals surface area (Å²) in [4.78, 5) is 19.8. The average Bonchev–Trinajstić information content (AvgIpc) is 1.56. The zero-order valence-electron chi connectivity index (χ0n) is 83.6. The zero-order chi connectivity index (χ0) is 92.9. The van der Waals surface area contributed by atoms with E-state index in [0.29, 0.717) is 29.6 Å². The zero-order valence-corrected chi connectivity index (χ0v) is 93.2. The number of unbranched alkanes of at least 4 members (excludes halogenated alkanes) is 5. The van der Waals surface area contributed by atoms with Gasteiger partial charge in [0.2, 0.25) is 0 Å². The number of hydrogen-bond acceptors (Lipinski definition) is 4. The maximum atomic E-state index is 5.05. The molecule has 12 aromatic carbocycles. The summed E-state index contributed by atoms with van der Waals surface area (Å²) in [7, 11) is 0. The van der Waals surface area contributed by atoms with Gasteiger partial charge in [-0.3, -0.25) is 19.9 Å². The summed E-state index contributed by atoms with van der Waals surface area (Å²) in [5, 5.41) is 14.3. The second-order valence-corrected chi connectivity index (χ2v) is 41.4. The third-order valence-corrected chi connectivity index (χ3v) is 27.0. The van der Waals surface area contributed by atoms with Gasteiger partial charge in [0.05, 0.1) is 45.4 Å². The topological polar surface area (TPSA) is 69.2 Å². The first-order valence-corrected chi connectivity index (χ1v) is 48.8. The van der Waals surface area contributed by atoms with Crippen LogP contribution in [0.25, 0.3) is 154 Å². The number of nitrogens with zero attached hydrogens (tertiary/aromatic N) is 8. The van der Waals surface area contributed by atoms with Crippen LogP contribution in [0, 0.1) is 62.8 Å². The van der Waals surface area contributed by atoms with Crippen molar-refractivity contribution >= 4 is 109 Å². The van der Waals surface area contributed by atoms with E-state index in [1.54, 1.807) is 0 Å². The summed E-state index contributed by atoms with van der Waals surface area (Å²) in [6, 6.07) is 91.6. The number of pyridine rings is 4. The van der Waals surface area contributed by atoms with Gasteiger partial charge in [-0.2, -0.15) is 0 Å². The molecule has 20 aromatic rings. The molecule has 0 saturated carbocycles. The van der Waals surface area contributed by atoms with E-state index in [0.717, 1.165) is 81.2 Å². The number of aryl methyl sites for hydroxylation is 6. The largest absolute Gasteiger partial charge is 0.333 e. The van der Waals surface area contributed by atoms with Crippen LogP contribution in [0.2, 0.25) is 0 Å². The van der Waals surface area contributed by atoms with E-state index in [-0.39, 0.29) is 91.3 Å². The fraction of sp³-hybridized carbons (Fsp3) is 0.323. The first kappa shape index (κ1) is 103. The van der Waals surface area contributed by atoms with E-state index in [1.165, 1.54) is 216 Å².